The number of aryl methyl sites for hydroxylation is 1. The number of hydrogen-bond acceptors (Lipinski definition) is 7. The zero-order valence-electron chi connectivity index (χ0n) is 16.2. The lowest BCUT2D eigenvalue weighted by atomic mass is 9.90. The fourth-order valence-corrected chi connectivity index (χ4v) is 5.05. The second-order valence-corrected chi connectivity index (χ2v) is 8.03. The molecular weight excluding hydrogens is 414 g/mol. The van der Waals surface area contributed by atoms with Crippen molar-refractivity contribution >= 4 is 39.3 Å². The number of rotatable bonds is 4. The maximum atomic E-state index is 12.5. The highest BCUT2D eigenvalue weighted by molar-refractivity contribution is 7.20. The summed E-state index contributed by atoms with van der Waals surface area (Å²) in [7, 11) is 0. The Kier molecular flexibility index (Phi) is 4.73. The van der Waals surface area contributed by atoms with Gasteiger partial charge in [0, 0.05) is 4.88 Å². The molecule has 0 aliphatic heterocycles. The van der Waals surface area contributed by atoms with E-state index >= 15 is 0 Å². The molecule has 1 aliphatic carbocycles. The molecule has 1 aliphatic rings. The van der Waals surface area contributed by atoms with Crippen molar-refractivity contribution in [3.8, 4) is 16.5 Å². The molecule has 4 aromatic rings. The SMILES string of the molecule is N#Cc1c(NC(=O)COC(=O)c2cccc3ocnc23)sc2c1CCc1ccccc1-2. The molecule has 2 aromatic heterocycles. The van der Waals surface area contributed by atoms with E-state index in [1.807, 2.05) is 18.2 Å². The molecule has 5 rings (SSSR count). The Hall–Kier alpha value is -3.96. The Morgan fingerprint density at radius 2 is 2.06 bits per heavy atom. The number of nitrogens with one attached hydrogen (secondary N) is 1. The number of nitriles is 1. The van der Waals surface area contributed by atoms with Crippen LogP contribution in [0.5, 0.6) is 0 Å². The third kappa shape index (κ3) is 3.35. The van der Waals surface area contributed by atoms with Gasteiger partial charge in [-0.05, 0) is 41.7 Å². The van der Waals surface area contributed by atoms with Gasteiger partial charge in [-0.25, -0.2) is 9.78 Å². The Morgan fingerprint density at radius 3 is 2.94 bits per heavy atom. The van der Waals surface area contributed by atoms with E-state index in [1.54, 1.807) is 18.2 Å². The molecule has 0 bridgehead atoms. The molecule has 152 valence electrons. The van der Waals surface area contributed by atoms with Crippen LogP contribution in [-0.2, 0) is 22.4 Å². The molecule has 2 aromatic carbocycles. The molecule has 7 nitrogen and oxygen atoms in total. The molecule has 8 heteroatoms. The first-order chi connectivity index (χ1) is 15.2. The number of benzene rings is 2. The maximum absolute atomic E-state index is 12.5. The van der Waals surface area contributed by atoms with Crippen molar-refractivity contribution in [2.45, 2.75) is 12.8 Å². The van der Waals surface area contributed by atoms with Gasteiger partial charge in [-0.1, -0.05) is 30.3 Å². The van der Waals surface area contributed by atoms with E-state index in [1.165, 1.54) is 23.3 Å². The van der Waals surface area contributed by atoms with Crippen LogP contribution in [0.1, 0.15) is 27.0 Å². The average Bonchev–Trinajstić information content (AvgIpc) is 3.41. The number of oxazole rings is 1. The van der Waals surface area contributed by atoms with Gasteiger partial charge >= 0.3 is 5.97 Å². The molecule has 0 spiro atoms. The lowest BCUT2D eigenvalue weighted by Crippen LogP contribution is -2.21. The summed E-state index contributed by atoms with van der Waals surface area (Å²) in [6.45, 7) is -0.475. The number of carbonyl (C=O) groups is 2. The van der Waals surface area contributed by atoms with Crippen molar-refractivity contribution < 1.29 is 18.7 Å². The molecule has 0 saturated carbocycles. The van der Waals surface area contributed by atoms with Crippen LogP contribution in [0.4, 0.5) is 5.00 Å². The summed E-state index contributed by atoms with van der Waals surface area (Å²) in [6.07, 6.45) is 2.85. The third-order valence-corrected chi connectivity index (χ3v) is 6.37. The summed E-state index contributed by atoms with van der Waals surface area (Å²) in [4.78, 5) is 29.9. The van der Waals surface area contributed by atoms with Gasteiger partial charge in [-0.2, -0.15) is 5.26 Å². The highest BCUT2D eigenvalue weighted by Gasteiger charge is 2.25. The van der Waals surface area contributed by atoms with Gasteiger partial charge in [-0.15, -0.1) is 11.3 Å². The Labute approximate surface area is 180 Å². The van der Waals surface area contributed by atoms with Crippen molar-refractivity contribution in [2.24, 2.45) is 0 Å². The zero-order chi connectivity index (χ0) is 21.4. The summed E-state index contributed by atoms with van der Waals surface area (Å²) in [5.41, 5.74) is 4.82. The Bertz CT molecular complexity index is 1380. The summed E-state index contributed by atoms with van der Waals surface area (Å²) in [5, 5.41) is 12.9. The minimum atomic E-state index is -0.672. The number of esters is 1. The number of nitrogens with zero attached hydrogens (tertiary/aromatic N) is 2. The van der Waals surface area contributed by atoms with E-state index in [4.69, 9.17) is 9.15 Å². The van der Waals surface area contributed by atoms with Crippen LogP contribution in [0, 0.1) is 11.3 Å². The van der Waals surface area contributed by atoms with Crippen molar-refractivity contribution in [2.75, 3.05) is 11.9 Å². The van der Waals surface area contributed by atoms with Gasteiger partial charge in [-0.3, -0.25) is 4.79 Å². The molecule has 1 amide bonds. The smallest absolute Gasteiger partial charge is 0.340 e. The largest absolute Gasteiger partial charge is 0.452 e. The minimum Gasteiger partial charge on any atom is -0.452 e. The van der Waals surface area contributed by atoms with Crippen LogP contribution in [0.3, 0.4) is 0 Å². The summed E-state index contributed by atoms with van der Waals surface area (Å²) in [6, 6.07) is 15.2. The van der Waals surface area contributed by atoms with Crippen molar-refractivity contribution in [3.63, 3.8) is 0 Å². The van der Waals surface area contributed by atoms with Crippen molar-refractivity contribution in [1.29, 1.82) is 5.26 Å². The monoisotopic (exact) mass is 429 g/mol. The van der Waals surface area contributed by atoms with Crippen LogP contribution in [0.2, 0.25) is 0 Å². The number of aromatic nitrogens is 1. The van der Waals surface area contributed by atoms with Gasteiger partial charge in [0.05, 0.1) is 11.1 Å². The second kappa shape index (κ2) is 7.70. The molecule has 0 fully saturated rings. The third-order valence-electron chi connectivity index (χ3n) is 5.19. The van der Waals surface area contributed by atoms with Crippen LogP contribution >= 0.6 is 11.3 Å². The fraction of sp³-hybridized carbons (Fsp3) is 0.130. The predicted molar refractivity (Wildman–Crippen MR) is 115 cm³/mol. The van der Waals surface area contributed by atoms with Crippen molar-refractivity contribution in [1.82, 2.24) is 4.98 Å². The molecule has 0 radical (unpaired) electrons. The standard InChI is InChI=1S/C23H15N3O4S/c24-10-17-15-9-8-13-4-1-2-5-14(13)21(15)31-22(17)26-19(27)11-29-23(28)16-6-3-7-18-20(16)25-12-30-18/h1-7,12H,8-9,11H2,(H,26,27). The lowest BCUT2D eigenvalue weighted by Gasteiger charge is -2.15. The summed E-state index contributed by atoms with van der Waals surface area (Å²) >= 11 is 1.37. The van der Waals surface area contributed by atoms with Gasteiger partial charge in [0.2, 0.25) is 0 Å². The topological polar surface area (TPSA) is 105 Å². The number of hydrogen-bond donors (Lipinski definition) is 1. The van der Waals surface area contributed by atoms with Gasteiger partial charge in [0.15, 0.2) is 18.6 Å². The number of carbonyl (C=O) groups excluding carboxylic acids is 2. The zero-order valence-corrected chi connectivity index (χ0v) is 17.0. The number of anilines is 1. The summed E-state index contributed by atoms with van der Waals surface area (Å²) < 4.78 is 10.3. The lowest BCUT2D eigenvalue weighted by molar-refractivity contribution is -0.119. The van der Waals surface area contributed by atoms with E-state index in [0.29, 0.717) is 21.7 Å². The number of fused-ring (bicyclic) bond motifs is 4. The van der Waals surface area contributed by atoms with E-state index in [0.717, 1.165) is 28.8 Å². The number of amides is 1. The van der Waals surface area contributed by atoms with E-state index in [9.17, 15) is 14.9 Å². The molecule has 0 unspecified atom stereocenters. The van der Waals surface area contributed by atoms with Crippen LogP contribution in [0.25, 0.3) is 21.5 Å². The molecule has 0 saturated heterocycles. The second-order valence-electron chi connectivity index (χ2n) is 7.01. The van der Waals surface area contributed by atoms with Crippen LogP contribution in [0.15, 0.2) is 53.3 Å². The van der Waals surface area contributed by atoms with Gasteiger partial charge in [0.25, 0.3) is 5.91 Å². The van der Waals surface area contributed by atoms with Crippen LogP contribution in [-0.4, -0.2) is 23.5 Å². The number of para-hydroxylation sites is 1. The fourth-order valence-electron chi connectivity index (χ4n) is 3.77. The van der Waals surface area contributed by atoms with E-state index in [2.05, 4.69) is 22.4 Å². The first-order valence-corrected chi connectivity index (χ1v) is 10.4. The Balaban J connectivity index is 1.33. The average molecular weight is 429 g/mol. The molecular formula is C23H15N3O4S. The molecule has 2 heterocycles. The quantitative estimate of drug-likeness (QED) is 0.484. The first-order valence-electron chi connectivity index (χ1n) is 9.59. The van der Waals surface area contributed by atoms with Gasteiger partial charge < -0.3 is 14.5 Å². The van der Waals surface area contributed by atoms with E-state index < -0.39 is 18.5 Å². The molecule has 1 N–H and O–H groups in total. The normalized spacial score (nSPS) is 12.0. The Morgan fingerprint density at radius 1 is 1.19 bits per heavy atom. The molecule has 31 heavy (non-hydrogen) atoms. The highest BCUT2D eigenvalue weighted by Crippen LogP contribution is 2.44. The van der Waals surface area contributed by atoms with E-state index in [-0.39, 0.29) is 5.56 Å². The predicted octanol–water partition coefficient (Wildman–Crippen LogP) is 4.32. The summed E-state index contributed by atoms with van der Waals surface area (Å²) in [5.74, 6) is -1.18. The highest BCUT2D eigenvalue weighted by atomic mass is 32.1. The number of ether oxygens (including phenoxy) is 1. The van der Waals surface area contributed by atoms with Gasteiger partial charge in [0.1, 0.15) is 16.6 Å². The van der Waals surface area contributed by atoms with Crippen molar-refractivity contribution in [3.05, 3.63) is 71.1 Å². The number of thiophene rings is 1. The minimum absolute atomic E-state index is 0.222. The maximum Gasteiger partial charge on any atom is 0.340 e. The molecule has 0 atom stereocenters. The van der Waals surface area contributed by atoms with Crippen LogP contribution < -0.4 is 5.32 Å². The first kappa shape index (κ1) is 19.0.